The summed E-state index contributed by atoms with van der Waals surface area (Å²) in [5, 5.41) is 18.2. The first-order valence-electron chi connectivity index (χ1n) is 5.20. The lowest BCUT2D eigenvalue weighted by Gasteiger charge is -2.17. The summed E-state index contributed by atoms with van der Waals surface area (Å²) < 4.78 is 0. The smallest absolute Gasteiger partial charge is 0.307 e. The average molecular weight is 220 g/mol. The normalized spacial score (nSPS) is 14.9. The molecule has 0 spiro atoms. The first-order chi connectivity index (χ1) is 7.56. The van der Waals surface area contributed by atoms with Crippen molar-refractivity contribution in [3.8, 4) is 5.75 Å². The molecule has 0 saturated carbocycles. The van der Waals surface area contributed by atoms with Crippen LogP contribution in [0.3, 0.4) is 0 Å². The molecule has 2 N–H and O–H groups in total. The number of phenolic OH excluding ortho intramolecular Hbond substituents is 1. The van der Waals surface area contributed by atoms with Crippen LogP contribution < -0.4 is 0 Å². The van der Waals surface area contributed by atoms with Crippen molar-refractivity contribution in [2.45, 2.75) is 19.8 Å². The Hall–Kier alpha value is -1.77. The number of hydrogen-bond acceptors (Lipinski definition) is 2. The molecule has 16 heavy (non-hydrogen) atoms. The fourth-order valence-corrected chi connectivity index (χ4v) is 1.62. The molecule has 0 aromatic heterocycles. The van der Waals surface area contributed by atoms with Gasteiger partial charge in [0.25, 0.3) is 0 Å². The van der Waals surface area contributed by atoms with E-state index in [1.54, 1.807) is 31.2 Å². The lowest BCUT2D eigenvalue weighted by molar-refractivity contribution is -0.141. The summed E-state index contributed by atoms with van der Waals surface area (Å²) >= 11 is 0. The lowest BCUT2D eigenvalue weighted by Crippen LogP contribution is -2.17. The molecule has 1 rings (SSSR count). The fraction of sp³-hybridized carbons (Fsp3) is 0.308. The highest BCUT2D eigenvalue weighted by molar-refractivity contribution is 5.71. The minimum absolute atomic E-state index is 0.164. The average Bonchev–Trinajstić information content (AvgIpc) is 2.26. The van der Waals surface area contributed by atoms with Crippen LogP contribution in [-0.2, 0) is 4.79 Å². The van der Waals surface area contributed by atoms with Crippen LogP contribution in [-0.4, -0.2) is 16.2 Å². The van der Waals surface area contributed by atoms with E-state index >= 15 is 0 Å². The zero-order chi connectivity index (χ0) is 12.1. The van der Waals surface area contributed by atoms with E-state index in [2.05, 4.69) is 0 Å². The number of aromatic hydroxyl groups is 1. The standard InChI is InChI=1S/C13H16O3/c1-3-4-12(9(2)13(15)16)10-5-7-11(14)8-6-10/h3-9,12,14H,1-2H3,(H,15,16). The molecule has 86 valence electrons. The minimum atomic E-state index is -0.823. The van der Waals surface area contributed by atoms with E-state index in [1.165, 1.54) is 0 Å². The van der Waals surface area contributed by atoms with Gasteiger partial charge in [-0.3, -0.25) is 4.79 Å². The molecular formula is C13H16O3. The van der Waals surface area contributed by atoms with Gasteiger partial charge in [0.05, 0.1) is 5.92 Å². The third kappa shape index (κ3) is 2.86. The predicted molar refractivity (Wildman–Crippen MR) is 62.5 cm³/mol. The van der Waals surface area contributed by atoms with Gasteiger partial charge in [-0.15, -0.1) is 0 Å². The van der Waals surface area contributed by atoms with Crippen molar-refractivity contribution >= 4 is 5.97 Å². The van der Waals surface area contributed by atoms with E-state index in [1.807, 2.05) is 19.1 Å². The number of hydrogen-bond donors (Lipinski definition) is 2. The Morgan fingerprint density at radius 3 is 2.31 bits per heavy atom. The zero-order valence-corrected chi connectivity index (χ0v) is 9.42. The van der Waals surface area contributed by atoms with Crippen molar-refractivity contribution in [1.82, 2.24) is 0 Å². The molecule has 0 saturated heterocycles. The van der Waals surface area contributed by atoms with Gasteiger partial charge in [-0.05, 0) is 24.6 Å². The van der Waals surface area contributed by atoms with Gasteiger partial charge in [0.1, 0.15) is 5.75 Å². The van der Waals surface area contributed by atoms with Crippen LogP contribution in [0.25, 0.3) is 0 Å². The summed E-state index contributed by atoms with van der Waals surface area (Å²) in [4.78, 5) is 11.0. The summed E-state index contributed by atoms with van der Waals surface area (Å²) in [6.45, 7) is 3.54. The monoisotopic (exact) mass is 220 g/mol. The maximum Gasteiger partial charge on any atom is 0.307 e. The van der Waals surface area contributed by atoms with Crippen LogP contribution in [0.2, 0.25) is 0 Å². The van der Waals surface area contributed by atoms with Crippen LogP contribution in [0.5, 0.6) is 5.75 Å². The second kappa shape index (κ2) is 5.35. The molecule has 1 aromatic carbocycles. The van der Waals surface area contributed by atoms with Crippen LogP contribution in [0.4, 0.5) is 0 Å². The molecular weight excluding hydrogens is 204 g/mol. The summed E-state index contributed by atoms with van der Waals surface area (Å²) in [5.41, 5.74) is 0.894. The van der Waals surface area contributed by atoms with Gasteiger partial charge < -0.3 is 10.2 Å². The van der Waals surface area contributed by atoms with E-state index in [0.717, 1.165) is 5.56 Å². The number of rotatable bonds is 4. The molecule has 0 aliphatic carbocycles. The SMILES string of the molecule is CC=CC(c1ccc(O)cc1)C(C)C(=O)O. The number of aliphatic carboxylic acids is 1. The van der Waals surface area contributed by atoms with Crippen molar-refractivity contribution in [2.75, 3.05) is 0 Å². The molecule has 0 fully saturated rings. The second-order valence-corrected chi connectivity index (χ2v) is 3.77. The van der Waals surface area contributed by atoms with E-state index in [9.17, 15) is 9.90 Å². The molecule has 1 aromatic rings. The summed E-state index contributed by atoms with van der Waals surface area (Å²) in [6, 6.07) is 6.64. The molecule has 0 heterocycles. The van der Waals surface area contributed by atoms with Gasteiger partial charge in [0.15, 0.2) is 0 Å². The Balaban J connectivity index is 3.02. The number of allylic oxidation sites excluding steroid dienone is 2. The zero-order valence-electron chi connectivity index (χ0n) is 9.42. The number of carboxylic acid groups (broad SMARTS) is 1. The minimum Gasteiger partial charge on any atom is -0.508 e. The van der Waals surface area contributed by atoms with E-state index in [-0.39, 0.29) is 11.7 Å². The third-order valence-corrected chi connectivity index (χ3v) is 2.61. The molecule has 0 aliphatic heterocycles. The molecule has 0 bridgehead atoms. The van der Waals surface area contributed by atoms with Crippen molar-refractivity contribution in [3.05, 3.63) is 42.0 Å². The second-order valence-electron chi connectivity index (χ2n) is 3.77. The Labute approximate surface area is 95.0 Å². The fourth-order valence-electron chi connectivity index (χ4n) is 1.62. The van der Waals surface area contributed by atoms with Gasteiger partial charge in [0.2, 0.25) is 0 Å². The van der Waals surface area contributed by atoms with Gasteiger partial charge in [0, 0.05) is 5.92 Å². The first-order valence-corrected chi connectivity index (χ1v) is 5.20. The molecule has 3 nitrogen and oxygen atoms in total. The van der Waals surface area contributed by atoms with Gasteiger partial charge in [-0.25, -0.2) is 0 Å². The summed E-state index contributed by atoms with van der Waals surface area (Å²) in [7, 11) is 0. The largest absolute Gasteiger partial charge is 0.508 e. The van der Waals surface area contributed by atoms with E-state index in [4.69, 9.17) is 5.11 Å². The highest BCUT2D eigenvalue weighted by Gasteiger charge is 2.22. The summed E-state index contributed by atoms with van der Waals surface area (Å²) in [6.07, 6.45) is 3.71. The number of benzene rings is 1. The molecule has 2 atom stereocenters. The maximum atomic E-state index is 11.0. The molecule has 0 aliphatic rings. The van der Waals surface area contributed by atoms with Crippen molar-refractivity contribution < 1.29 is 15.0 Å². The quantitative estimate of drug-likeness (QED) is 0.767. The number of carboxylic acids is 1. The molecule has 0 amide bonds. The van der Waals surface area contributed by atoms with Crippen molar-refractivity contribution in [3.63, 3.8) is 0 Å². The highest BCUT2D eigenvalue weighted by Crippen LogP contribution is 2.27. The van der Waals surface area contributed by atoms with Crippen LogP contribution >= 0.6 is 0 Å². The Kier molecular flexibility index (Phi) is 4.11. The van der Waals surface area contributed by atoms with Crippen LogP contribution in [0.1, 0.15) is 25.3 Å². The summed E-state index contributed by atoms with van der Waals surface area (Å²) in [5.74, 6) is -1.29. The topological polar surface area (TPSA) is 57.5 Å². The first kappa shape index (κ1) is 12.3. The van der Waals surface area contributed by atoms with Gasteiger partial charge in [-0.2, -0.15) is 0 Å². The van der Waals surface area contributed by atoms with Gasteiger partial charge in [-0.1, -0.05) is 31.2 Å². The molecule has 3 heteroatoms. The Morgan fingerprint density at radius 1 is 1.31 bits per heavy atom. The Morgan fingerprint density at radius 2 is 1.88 bits per heavy atom. The van der Waals surface area contributed by atoms with Crippen LogP contribution in [0.15, 0.2) is 36.4 Å². The predicted octanol–water partition coefficient (Wildman–Crippen LogP) is 2.77. The van der Waals surface area contributed by atoms with Crippen molar-refractivity contribution in [1.29, 1.82) is 0 Å². The maximum absolute atomic E-state index is 11.0. The van der Waals surface area contributed by atoms with Crippen LogP contribution in [0, 0.1) is 5.92 Å². The highest BCUT2D eigenvalue weighted by atomic mass is 16.4. The molecule has 0 radical (unpaired) electrons. The molecule has 2 unspecified atom stereocenters. The lowest BCUT2D eigenvalue weighted by atomic mass is 9.87. The number of phenols is 1. The van der Waals surface area contributed by atoms with Gasteiger partial charge >= 0.3 is 5.97 Å². The Bertz CT molecular complexity index is 379. The number of carbonyl (C=O) groups is 1. The van der Waals surface area contributed by atoms with Crippen molar-refractivity contribution in [2.24, 2.45) is 5.92 Å². The van der Waals surface area contributed by atoms with E-state index in [0.29, 0.717) is 0 Å². The van der Waals surface area contributed by atoms with E-state index < -0.39 is 11.9 Å². The third-order valence-electron chi connectivity index (χ3n) is 2.61.